The molecule has 4 nitrogen and oxygen atoms in total. The van der Waals surface area contributed by atoms with E-state index < -0.39 is 11.9 Å². The topological polar surface area (TPSA) is 65.9 Å². The molecule has 0 saturated carbocycles. The summed E-state index contributed by atoms with van der Waals surface area (Å²) < 4.78 is 38.0. The van der Waals surface area contributed by atoms with Gasteiger partial charge >= 0.3 is 6.18 Å². The Balaban J connectivity index is 2.41. The van der Waals surface area contributed by atoms with Crippen molar-refractivity contribution in [1.82, 2.24) is 4.98 Å². The third-order valence-electron chi connectivity index (χ3n) is 3.26. The van der Waals surface area contributed by atoms with Crippen LogP contribution in [0.5, 0.6) is 0 Å². The van der Waals surface area contributed by atoms with Crippen molar-refractivity contribution in [1.29, 1.82) is 5.26 Å². The molecule has 2 unspecified atom stereocenters. The molecule has 2 rings (SSSR count). The number of pyridine rings is 1. The van der Waals surface area contributed by atoms with Crippen LogP contribution in [0, 0.1) is 17.2 Å². The van der Waals surface area contributed by atoms with Gasteiger partial charge in [-0.1, -0.05) is 6.92 Å². The molecule has 2 atom stereocenters. The first-order chi connectivity index (χ1) is 8.82. The zero-order valence-electron chi connectivity index (χ0n) is 10.3. The van der Waals surface area contributed by atoms with Crippen molar-refractivity contribution >= 4 is 5.82 Å². The van der Waals surface area contributed by atoms with E-state index in [0.29, 0.717) is 13.1 Å². The Morgan fingerprint density at radius 3 is 2.58 bits per heavy atom. The predicted molar refractivity (Wildman–Crippen MR) is 63.3 cm³/mol. The van der Waals surface area contributed by atoms with Gasteiger partial charge in [0.1, 0.15) is 17.6 Å². The van der Waals surface area contributed by atoms with Gasteiger partial charge in [0.15, 0.2) is 0 Å². The molecule has 102 valence electrons. The van der Waals surface area contributed by atoms with E-state index in [-0.39, 0.29) is 23.3 Å². The number of rotatable bonds is 1. The van der Waals surface area contributed by atoms with Crippen molar-refractivity contribution in [2.45, 2.75) is 19.1 Å². The van der Waals surface area contributed by atoms with E-state index in [1.54, 1.807) is 4.90 Å². The molecule has 0 bridgehead atoms. The van der Waals surface area contributed by atoms with Gasteiger partial charge in [0.05, 0.1) is 5.56 Å². The van der Waals surface area contributed by atoms with Crippen molar-refractivity contribution in [3.05, 3.63) is 23.4 Å². The fourth-order valence-corrected chi connectivity index (χ4v) is 2.10. The number of anilines is 1. The molecule has 0 amide bonds. The minimum Gasteiger partial charge on any atom is -0.354 e. The highest BCUT2D eigenvalue weighted by molar-refractivity contribution is 5.55. The third-order valence-corrected chi connectivity index (χ3v) is 3.26. The molecule has 1 aromatic rings. The normalized spacial score (nSPS) is 23.5. The Morgan fingerprint density at radius 1 is 1.42 bits per heavy atom. The zero-order valence-corrected chi connectivity index (χ0v) is 10.3. The Hall–Kier alpha value is -1.81. The second kappa shape index (κ2) is 4.70. The number of hydrogen-bond acceptors (Lipinski definition) is 4. The summed E-state index contributed by atoms with van der Waals surface area (Å²) in [6.07, 6.45) is -4.52. The van der Waals surface area contributed by atoms with Gasteiger partial charge in [0.25, 0.3) is 0 Å². The standard InChI is InChI=1S/C12H13F3N4/c1-7-5-19(6-9(7)17)11-8(4-16)2-3-10(18-11)12(13,14)15/h2-3,7,9H,5-6,17H2,1H3. The third kappa shape index (κ3) is 2.63. The van der Waals surface area contributed by atoms with E-state index >= 15 is 0 Å². The number of aromatic nitrogens is 1. The van der Waals surface area contributed by atoms with Crippen LogP contribution >= 0.6 is 0 Å². The highest BCUT2D eigenvalue weighted by Gasteiger charge is 2.35. The quantitative estimate of drug-likeness (QED) is 0.844. The van der Waals surface area contributed by atoms with Gasteiger partial charge in [-0.3, -0.25) is 0 Å². The van der Waals surface area contributed by atoms with Crippen LogP contribution in [0.15, 0.2) is 12.1 Å². The van der Waals surface area contributed by atoms with Gasteiger partial charge < -0.3 is 10.6 Å². The summed E-state index contributed by atoms with van der Waals surface area (Å²) in [5.74, 6) is 0.222. The minimum atomic E-state index is -4.52. The van der Waals surface area contributed by atoms with Crippen molar-refractivity contribution < 1.29 is 13.2 Å². The smallest absolute Gasteiger partial charge is 0.354 e. The number of nitrogens with zero attached hydrogens (tertiary/aromatic N) is 3. The Kier molecular flexibility index (Phi) is 3.37. The van der Waals surface area contributed by atoms with Crippen LogP contribution in [0.2, 0.25) is 0 Å². The first-order valence-corrected chi connectivity index (χ1v) is 5.82. The van der Waals surface area contributed by atoms with Crippen LogP contribution in [-0.2, 0) is 6.18 Å². The Bertz CT molecular complexity index is 511. The average molecular weight is 270 g/mol. The molecule has 1 aliphatic rings. The number of hydrogen-bond donors (Lipinski definition) is 1. The predicted octanol–water partition coefficient (Wildman–Crippen LogP) is 1.76. The maximum atomic E-state index is 12.7. The second-order valence-corrected chi connectivity index (χ2v) is 4.72. The maximum absolute atomic E-state index is 12.7. The summed E-state index contributed by atoms with van der Waals surface area (Å²) in [5.41, 5.74) is 4.99. The lowest BCUT2D eigenvalue weighted by molar-refractivity contribution is -0.141. The Labute approximate surface area is 108 Å². The van der Waals surface area contributed by atoms with Crippen LogP contribution in [0.4, 0.5) is 19.0 Å². The second-order valence-electron chi connectivity index (χ2n) is 4.72. The van der Waals surface area contributed by atoms with Gasteiger partial charge in [0, 0.05) is 19.1 Å². The van der Waals surface area contributed by atoms with Gasteiger partial charge in [0.2, 0.25) is 0 Å². The Morgan fingerprint density at radius 2 is 2.11 bits per heavy atom. The molecule has 1 aromatic heterocycles. The molecule has 2 N–H and O–H groups in total. The van der Waals surface area contributed by atoms with Crippen LogP contribution in [0.3, 0.4) is 0 Å². The molecule has 19 heavy (non-hydrogen) atoms. The molecule has 1 fully saturated rings. The zero-order chi connectivity index (χ0) is 14.2. The summed E-state index contributed by atoms with van der Waals surface area (Å²) in [4.78, 5) is 5.23. The van der Waals surface area contributed by atoms with E-state index in [4.69, 9.17) is 11.0 Å². The number of nitrogens with two attached hydrogens (primary N) is 1. The molecule has 2 heterocycles. The van der Waals surface area contributed by atoms with Crippen molar-refractivity contribution in [2.24, 2.45) is 11.7 Å². The lowest BCUT2D eigenvalue weighted by Gasteiger charge is -2.19. The SMILES string of the molecule is CC1CN(c2nc(C(F)(F)F)ccc2C#N)CC1N. The molecule has 7 heteroatoms. The van der Waals surface area contributed by atoms with E-state index in [9.17, 15) is 13.2 Å². The monoisotopic (exact) mass is 270 g/mol. The maximum Gasteiger partial charge on any atom is 0.433 e. The minimum absolute atomic E-state index is 0.0668. The number of halogens is 3. The lowest BCUT2D eigenvalue weighted by Crippen LogP contribution is -2.29. The molecular weight excluding hydrogens is 257 g/mol. The van der Waals surface area contributed by atoms with Gasteiger partial charge in [-0.05, 0) is 18.1 Å². The van der Waals surface area contributed by atoms with E-state index in [1.165, 1.54) is 0 Å². The fourth-order valence-electron chi connectivity index (χ4n) is 2.10. The van der Waals surface area contributed by atoms with E-state index in [1.807, 2.05) is 13.0 Å². The lowest BCUT2D eigenvalue weighted by atomic mass is 10.1. The molecular formula is C12H13F3N4. The van der Waals surface area contributed by atoms with E-state index in [2.05, 4.69) is 4.98 Å². The average Bonchev–Trinajstić information content (AvgIpc) is 2.67. The van der Waals surface area contributed by atoms with Crippen LogP contribution in [0.1, 0.15) is 18.2 Å². The highest BCUT2D eigenvalue weighted by atomic mass is 19.4. The summed E-state index contributed by atoms with van der Waals surface area (Å²) in [6, 6.07) is 3.72. The molecule has 0 radical (unpaired) electrons. The molecule has 0 aliphatic carbocycles. The molecule has 0 aromatic carbocycles. The van der Waals surface area contributed by atoms with Gasteiger partial charge in [-0.15, -0.1) is 0 Å². The highest BCUT2D eigenvalue weighted by Crippen LogP contribution is 2.31. The molecule has 1 saturated heterocycles. The van der Waals surface area contributed by atoms with Gasteiger partial charge in [-0.2, -0.15) is 18.4 Å². The molecule has 1 aliphatic heterocycles. The number of alkyl halides is 3. The van der Waals surface area contributed by atoms with E-state index in [0.717, 1.165) is 12.1 Å². The first-order valence-electron chi connectivity index (χ1n) is 5.82. The number of nitriles is 1. The summed E-state index contributed by atoms with van der Waals surface area (Å²) >= 11 is 0. The first kappa shape index (κ1) is 13.6. The van der Waals surface area contributed by atoms with Crippen LogP contribution in [0.25, 0.3) is 0 Å². The van der Waals surface area contributed by atoms with Gasteiger partial charge in [-0.25, -0.2) is 4.98 Å². The van der Waals surface area contributed by atoms with Crippen molar-refractivity contribution in [3.63, 3.8) is 0 Å². The largest absolute Gasteiger partial charge is 0.433 e. The summed E-state index contributed by atoms with van der Waals surface area (Å²) in [5, 5.41) is 8.98. The van der Waals surface area contributed by atoms with Crippen molar-refractivity contribution in [3.8, 4) is 6.07 Å². The summed E-state index contributed by atoms with van der Waals surface area (Å²) in [6.45, 7) is 2.83. The molecule has 0 spiro atoms. The van der Waals surface area contributed by atoms with Crippen LogP contribution in [-0.4, -0.2) is 24.1 Å². The summed E-state index contributed by atoms with van der Waals surface area (Å²) in [7, 11) is 0. The fraction of sp³-hybridized carbons (Fsp3) is 0.500. The van der Waals surface area contributed by atoms with Crippen molar-refractivity contribution in [2.75, 3.05) is 18.0 Å². The van der Waals surface area contributed by atoms with Crippen LogP contribution < -0.4 is 10.6 Å².